The summed E-state index contributed by atoms with van der Waals surface area (Å²) in [4.78, 5) is 38.1. The smallest absolute Gasteiger partial charge is 0.274 e. The first kappa shape index (κ1) is 38.3. The number of benzene rings is 1. The lowest BCUT2D eigenvalue weighted by molar-refractivity contribution is -0.0827. The molecule has 0 amide bonds. The number of nitrogens with one attached hydrogen (secondary N) is 4. The highest BCUT2D eigenvalue weighted by molar-refractivity contribution is 5.81. The first-order valence-electron chi connectivity index (χ1n) is 20.2. The van der Waals surface area contributed by atoms with Crippen LogP contribution in [0.5, 0.6) is 0 Å². The predicted molar refractivity (Wildman–Crippen MR) is 228 cm³/mol. The van der Waals surface area contributed by atoms with Gasteiger partial charge in [-0.3, -0.25) is 0 Å². The zero-order valence-electron chi connectivity index (χ0n) is 32.8. The van der Waals surface area contributed by atoms with Gasteiger partial charge in [-0.25, -0.2) is 29.9 Å². The number of aryl methyl sites for hydroxylation is 2. The van der Waals surface area contributed by atoms with Gasteiger partial charge in [0.05, 0.1) is 24.6 Å². The zero-order chi connectivity index (χ0) is 40.5. The molecule has 16 heteroatoms. The van der Waals surface area contributed by atoms with Gasteiger partial charge in [-0.2, -0.15) is 0 Å². The largest absolute Gasteiger partial charge is 0.393 e. The number of aromatic nitrogens is 8. The minimum Gasteiger partial charge on any atom is -0.393 e. The average molecular weight is 797 g/mol. The Morgan fingerprint density at radius 2 is 1.39 bits per heavy atom. The number of hydrogen-bond acceptors (Lipinski definition) is 14. The number of fused-ring (bicyclic) bond motifs is 4. The third-order valence-corrected chi connectivity index (χ3v) is 11.2. The molecule has 0 spiro atoms. The average Bonchev–Trinajstić information content (AvgIpc) is 3.89. The number of pyridine rings is 2. The molecule has 8 heterocycles. The molecule has 2 saturated heterocycles. The molecule has 1 aromatic carbocycles. The van der Waals surface area contributed by atoms with Crippen molar-refractivity contribution in [3.63, 3.8) is 0 Å². The van der Waals surface area contributed by atoms with E-state index in [1.54, 1.807) is 12.4 Å². The van der Waals surface area contributed by atoms with E-state index in [4.69, 9.17) is 4.98 Å². The summed E-state index contributed by atoms with van der Waals surface area (Å²) < 4.78 is 0. The van der Waals surface area contributed by atoms with Crippen molar-refractivity contribution in [2.75, 3.05) is 46.6 Å². The van der Waals surface area contributed by atoms with Crippen molar-refractivity contribution in [2.45, 2.75) is 70.1 Å². The predicted octanol–water partition coefficient (Wildman–Crippen LogP) is 4.78. The first-order chi connectivity index (χ1) is 28.6. The minimum absolute atomic E-state index is 0.197. The van der Waals surface area contributed by atoms with Gasteiger partial charge < -0.3 is 50.8 Å². The van der Waals surface area contributed by atoms with Gasteiger partial charge in [0.2, 0.25) is 0 Å². The Labute approximate surface area is 340 Å². The molecule has 16 nitrogen and oxygen atoms in total. The van der Waals surface area contributed by atoms with E-state index in [1.807, 2.05) is 36.4 Å². The number of aliphatic hydroxyl groups is 4. The maximum atomic E-state index is 10.8. The molecule has 0 bridgehead atoms. The van der Waals surface area contributed by atoms with Crippen molar-refractivity contribution in [3.05, 3.63) is 102 Å². The number of H-pyrrole nitrogens is 2. The minimum atomic E-state index is -2.29. The van der Waals surface area contributed by atoms with E-state index in [-0.39, 0.29) is 18.0 Å². The number of aliphatic hydroxyl groups excluding tert-OH is 2. The van der Waals surface area contributed by atoms with Crippen LogP contribution in [0.25, 0.3) is 38.8 Å². The molecule has 3 aliphatic rings. The van der Waals surface area contributed by atoms with Crippen molar-refractivity contribution in [1.29, 1.82) is 0 Å². The number of allylic oxidation sites excluding steroid dienone is 1. The number of aromatic amines is 2. The van der Waals surface area contributed by atoms with Gasteiger partial charge in [-0.15, -0.1) is 0 Å². The van der Waals surface area contributed by atoms with Crippen molar-refractivity contribution >= 4 is 62.1 Å². The molecule has 0 saturated carbocycles. The molecule has 304 valence electrons. The highest BCUT2D eigenvalue weighted by atomic mass is 16.5. The lowest BCUT2D eigenvalue weighted by Crippen LogP contribution is -2.40. The molecule has 7 aromatic rings. The lowest BCUT2D eigenvalue weighted by atomic mass is 9.94. The first-order valence-corrected chi connectivity index (χ1v) is 20.2. The van der Waals surface area contributed by atoms with Crippen LogP contribution >= 0.6 is 0 Å². The molecule has 2 aliphatic heterocycles. The fraction of sp³-hybridized carbons (Fsp3) is 0.349. The highest BCUT2D eigenvalue weighted by Gasteiger charge is 2.33. The van der Waals surface area contributed by atoms with Crippen LogP contribution in [-0.2, 0) is 13.0 Å². The Bertz CT molecular complexity index is 2630. The summed E-state index contributed by atoms with van der Waals surface area (Å²) in [5, 5.41) is 48.2. The van der Waals surface area contributed by atoms with Gasteiger partial charge in [0.15, 0.2) is 17.1 Å². The second-order valence-corrected chi connectivity index (χ2v) is 15.5. The van der Waals surface area contributed by atoms with Crippen molar-refractivity contribution in [3.8, 4) is 0 Å². The van der Waals surface area contributed by atoms with Gasteiger partial charge in [0.1, 0.15) is 28.5 Å². The fourth-order valence-corrected chi connectivity index (χ4v) is 8.00. The molecule has 1 aliphatic carbocycles. The molecule has 59 heavy (non-hydrogen) atoms. The normalized spacial score (nSPS) is 16.5. The standard InChI is InChI=1S/C22H24N6O.C21H24N6O3/c1-14-10-16-11-15(2-3-18(16)25-14)12-24-20-13-23-19-4-5-21(27-22(19)26-20)28-8-6-17(29)7-9-28;28-13-7-10-27(11-8-13)19-5-4-17-20(25-19)24-18(12-23-17)26-21(29,30)15-2-1-3-16-14(15)6-9-22-16/h2-5,10-11,13,17,25,29H,6-9,12H2,1H3,(H,24,26,27);2,4-6,9,12-13,22,28-30H,1,3,7-8,10-11H2,(H,24,25,26). The van der Waals surface area contributed by atoms with E-state index in [0.717, 1.165) is 85.1 Å². The summed E-state index contributed by atoms with van der Waals surface area (Å²) in [7, 11) is 0. The van der Waals surface area contributed by atoms with E-state index in [9.17, 15) is 20.4 Å². The summed E-state index contributed by atoms with van der Waals surface area (Å²) in [5.41, 5.74) is 8.09. The summed E-state index contributed by atoms with van der Waals surface area (Å²) >= 11 is 0. The van der Waals surface area contributed by atoms with Gasteiger partial charge in [-0.05, 0) is 105 Å². The van der Waals surface area contributed by atoms with Crippen LogP contribution in [0.15, 0.2) is 79.3 Å². The molecule has 0 atom stereocenters. The highest BCUT2D eigenvalue weighted by Crippen LogP contribution is 2.33. The molecule has 10 rings (SSSR count). The number of piperidine rings is 2. The second kappa shape index (κ2) is 16.2. The van der Waals surface area contributed by atoms with E-state index in [1.165, 1.54) is 17.1 Å². The van der Waals surface area contributed by atoms with Gasteiger partial charge in [0, 0.05) is 67.0 Å². The number of nitrogens with zero attached hydrogens (tertiary/aromatic N) is 8. The Morgan fingerprint density at radius 1 is 0.763 bits per heavy atom. The van der Waals surface area contributed by atoms with Gasteiger partial charge in [-0.1, -0.05) is 12.1 Å². The summed E-state index contributed by atoms with van der Waals surface area (Å²) in [6.45, 7) is 5.82. The molecule has 0 unspecified atom stereocenters. The molecule has 8 N–H and O–H groups in total. The maximum Gasteiger partial charge on any atom is 0.274 e. The quantitative estimate of drug-likeness (QED) is 0.0971. The number of hydrogen-bond donors (Lipinski definition) is 8. The van der Waals surface area contributed by atoms with Crippen LogP contribution < -0.4 is 20.4 Å². The van der Waals surface area contributed by atoms with Crippen molar-refractivity contribution in [1.82, 2.24) is 39.9 Å². The van der Waals surface area contributed by atoms with Gasteiger partial charge >= 0.3 is 0 Å². The molecule has 2 fully saturated rings. The Balaban J connectivity index is 0.000000152. The van der Waals surface area contributed by atoms with Crippen LogP contribution in [0.4, 0.5) is 23.3 Å². The SMILES string of the molecule is Cc1cc2cc(CNc3cnc4ccc(N5CCC(O)CC5)nc4n3)ccc2[nH]1.OC1CCN(c2ccc3ncc(NC(O)(O)C4=CCCc5[nH]ccc54)nc3n2)CC1. The van der Waals surface area contributed by atoms with E-state index in [0.29, 0.717) is 54.0 Å². The van der Waals surface area contributed by atoms with Crippen molar-refractivity contribution in [2.24, 2.45) is 0 Å². The topological polar surface area (TPSA) is 220 Å². The summed E-state index contributed by atoms with van der Waals surface area (Å²) in [6, 6.07) is 18.1. The van der Waals surface area contributed by atoms with Gasteiger partial charge in [0.25, 0.3) is 5.91 Å². The zero-order valence-corrected chi connectivity index (χ0v) is 32.8. The third kappa shape index (κ3) is 8.52. The van der Waals surface area contributed by atoms with Crippen LogP contribution in [0.3, 0.4) is 0 Å². The molecule has 0 radical (unpaired) electrons. The fourth-order valence-electron chi connectivity index (χ4n) is 8.00. The molecular weight excluding hydrogens is 749 g/mol. The lowest BCUT2D eigenvalue weighted by Gasteiger charge is -2.30. The number of rotatable bonds is 8. The maximum absolute atomic E-state index is 10.8. The van der Waals surface area contributed by atoms with Crippen LogP contribution in [-0.4, -0.2) is 105 Å². The monoisotopic (exact) mass is 796 g/mol. The molecular formula is C43H48N12O4. The second-order valence-electron chi connectivity index (χ2n) is 15.5. The number of anilines is 4. The summed E-state index contributed by atoms with van der Waals surface area (Å²) in [5.74, 6) is 0.299. The summed E-state index contributed by atoms with van der Waals surface area (Å²) in [6.07, 6.45) is 10.9. The third-order valence-electron chi connectivity index (χ3n) is 11.2. The van der Waals surface area contributed by atoms with E-state index >= 15 is 0 Å². The Morgan fingerprint density at radius 3 is 2.05 bits per heavy atom. The molecule has 6 aromatic heterocycles. The Kier molecular flexibility index (Phi) is 10.5. The van der Waals surface area contributed by atoms with Crippen LogP contribution in [0.1, 0.15) is 54.6 Å². The van der Waals surface area contributed by atoms with E-state index < -0.39 is 5.91 Å². The van der Waals surface area contributed by atoms with Crippen LogP contribution in [0, 0.1) is 6.92 Å². The van der Waals surface area contributed by atoms with Crippen molar-refractivity contribution < 1.29 is 20.4 Å². The Hall–Kier alpha value is -6.20. The van der Waals surface area contributed by atoms with E-state index in [2.05, 4.69) is 86.5 Å². The van der Waals surface area contributed by atoms with Crippen LogP contribution in [0.2, 0.25) is 0 Å².